The lowest BCUT2D eigenvalue weighted by atomic mass is 9.75. The van der Waals surface area contributed by atoms with Crippen molar-refractivity contribution in [3.8, 4) is 5.75 Å². The third kappa shape index (κ3) is 6.21. The molecule has 1 saturated carbocycles. The largest absolute Gasteiger partial charge is 0.475 e. The van der Waals surface area contributed by atoms with Crippen LogP contribution in [0, 0.1) is 27.9 Å². The van der Waals surface area contributed by atoms with Crippen LogP contribution in [-0.2, 0) is 19.1 Å². The van der Waals surface area contributed by atoms with Crippen LogP contribution < -0.4 is 4.74 Å². The molecule has 154 valence electrons. The molecule has 0 spiro atoms. The molecule has 0 radical (unpaired) electrons. The summed E-state index contributed by atoms with van der Waals surface area (Å²) in [5, 5.41) is 10.9. The Bertz CT molecular complexity index is 704. The lowest BCUT2D eigenvalue weighted by Gasteiger charge is -2.36. The molecule has 3 atom stereocenters. The van der Waals surface area contributed by atoms with E-state index in [0.717, 1.165) is 19.3 Å². The van der Waals surface area contributed by atoms with Crippen LogP contribution in [0.25, 0.3) is 0 Å². The van der Waals surface area contributed by atoms with Gasteiger partial charge >= 0.3 is 17.6 Å². The Morgan fingerprint density at radius 1 is 1.18 bits per heavy atom. The number of ether oxygens (including phenoxy) is 3. The van der Waals surface area contributed by atoms with E-state index in [0.29, 0.717) is 17.8 Å². The van der Waals surface area contributed by atoms with Crippen LogP contribution in [0.15, 0.2) is 24.3 Å². The molecule has 0 amide bonds. The number of hydrogen-bond acceptors (Lipinski definition) is 7. The van der Waals surface area contributed by atoms with Gasteiger partial charge in [0.2, 0.25) is 0 Å². The lowest BCUT2D eigenvalue weighted by Crippen LogP contribution is -2.37. The van der Waals surface area contributed by atoms with E-state index in [1.165, 1.54) is 18.2 Å². The van der Waals surface area contributed by atoms with Gasteiger partial charge in [0, 0.05) is 6.07 Å². The fourth-order valence-electron chi connectivity index (χ4n) is 3.50. The number of carbonyl (C=O) groups is 2. The first kappa shape index (κ1) is 21.7. The Hall–Kier alpha value is -2.64. The molecule has 0 aromatic heterocycles. The highest BCUT2D eigenvalue weighted by Gasteiger charge is 2.33. The first-order chi connectivity index (χ1) is 13.3. The van der Waals surface area contributed by atoms with Gasteiger partial charge in [0.15, 0.2) is 19.0 Å². The van der Waals surface area contributed by atoms with Crippen LogP contribution in [0.1, 0.15) is 40.0 Å². The maximum absolute atomic E-state index is 12.1. The maximum atomic E-state index is 12.1. The number of rotatable bonds is 8. The van der Waals surface area contributed by atoms with Crippen molar-refractivity contribution < 1.29 is 28.7 Å². The van der Waals surface area contributed by atoms with Crippen molar-refractivity contribution >= 4 is 17.6 Å². The molecule has 0 bridgehead atoms. The average Bonchev–Trinajstić information content (AvgIpc) is 2.64. The summed E-state index contributed by atoms with van der Waals surface area (Å²) in [4.78, 5) is 34.2. The standard InChI is InChI=1S/C20H27NO7/c1-13(2)15-9-8-14(3)10-18(15)28-20(23)12-27-19(22)11-26-17-7-5-4-6-16(17)21(24)25/h4-7,13-15,18H,8-12H2,1-3H3/t14-,15-,18-/m1/s1. The molecule has 0 heterocycles. The molecule has 0 N–H and O–H groups in total. The molecule has 1 aliphatic carbocycles. The van der Waals surface area contributed by atoms with Gasteiger partial charge in [-0.05, 0) is 36.7 Å². The average molecular weight is 393 g/mol. The zero-order chi connectivity index (χ0) is 20.7. The number of nitrogens with zero attached hydrogens (tertiary/aromatic N) is 1. The second-order valence-electron chi connectivity index (χ2n) is 7.53. The molecule has 0 unspecified atom stereocenters. The number of benzene rings is 1. The fourth-order valence-corrected chi connectivity index (χ4v) is 3.50. The predicted molar refractivity (Wildman–Crippen MR) is 101 cm³/mol. The highest BCUT2D eigenvalue weighted by Crippen LogP contribution is 2.35. The maximum Gasteiger partial charge on any atom is 0.344 e. The van der Waals surface area contributed by atoms with Crippen LogP contribution in [0.4, 0.5) is 5.69 Å². The number of esters is 2. The van der Waals surface area contributed by atoms with Gasteiger partial charge in [0.1, 0.15) is 6.10 Å². The van der Waals surface area contributed by atoms with Crippen molar-refractivity contribution in [2.45, 2.75) is 46.1 Å². The van der Waals surface area contributed by atoms with Crippen LogP contribution in [0.2, 0.25) is 0 Å². The minimum atomic E-state index is -0.799. The second-order valence-corrected chi connectivity index (χ2v) is 7.53. The Morgan fingerprint density at radius 3 is 2.57 bits per heavy atom. The summed E-state index contributed by atoms with van der Waals surface area (Å²) in [6.45, 7) is 5.32. The second kappa shape index (κ2) is 10.1. The van der Waals surface area contributed by atoms with Crippen molar-refractivity contribution in [2.75, 3.05) is 13.2 Å². The summed E-state index contributed by atoms with van der Waals surface area (Å²) in [5.74, 6) is -0.231. The van der Waals surface area contributed by atoms with Crippen molar-refractivity contribution in [1.82, 2.24) is 0 Å². The predicted octanol–water partition coefficient (Wildman–Crippen LogP) is 3.52. The van der Waals surface area contributed by atoms with Crippen LogP contribution in [0.3, 0.4) is 0 Å². The van der Waals surface area contributed by atoms with Crippen LogP contribution >= 0.6 is 0 Å². The molecular weight excluding hydrogens is 366 g/mol. The van der Waals surface area contributed by atoms with Crippen LogP contribution in [0.5, 0.6) is 5.75 Å². The fraction of sp³-hybridized carbons (Fsp3) is 0.600. The molecule has 1 aliphatic rings. The Morgan fingerprint density at radius 2 is 1.89 bits per heavy atom. The van der Waals surface area contributed by atoms with Crippen LogP contribution in [-0.4, -0.2) is 36.2 Å². The van der Waals surface area contributed by atoms with E-state index in [-0.39, 0.29) is 17.5 Å². The van der Waals surface area contributed by atoms with E-state index in [1.807, 2.05) is 0 Å². The third-order valence-electron chi connectivity index (χ3n) is 5.00. The molecule has 1 aromatic rings. The Labute approximate surface area is 164 Å². The highest BCUT2D eigenvalue weighted by atomic mass is 16.6. The highest BCUT2D eigenvalue weighted by molar-refractivity contribution is 5.77. The minimum absolute atomic E-state index is 0.0389. The van der Waals surface area contributed by atoms with Gasteiger partial charge < -0.3 is 14.2 Å². The summed E-state index contributed by atoms with van der Waals surface area (Å²) < 4.78 is 15.6. The van der Waals surface area contributed by atoms with Gasteiger partial charge in [-0.15, -0.1) is 0 Å². The first-order valence-electron chi connectivity index (χ1n) is 9.49. The Kier molecular flexibility index (Phi) is 7.78. The van der Waals surface area contributed by atoms with E-state index < -0.39 is 30.1 Å². The summed E-state index contributed by atoms with van der Waals surface area (Å²) >= 11 is 0. The molecular formula is C20H27NO7. The smallest absolute Gasteiger partial charge is 0.344 e. The zero-order valence-corrected chi connectivity index (χ0v) is 16.5. The molecule has 2 rings (SSSR count). The summed E-state index contributed by atoms with van der Waals surface area (Å²) in [6, 6.07) is 5.71. The van der Waals surface area contributed by atoms with Crippen molar-refractivity contribution in [2.24, 2.45) is 17.8 Å². The number of nitro benzene ring substituents is 1. The van der Waals surface area contributed by atoms with Gasteiger partial charge in [-0.3, -0.25) is 10.1 Å². The quantitative estimate of drug-likeness (QED) is 0.378. The number of para-hydroxylation sites is 2. The van der Waals surface area contributed by atoms with Gasteiger partial charge in [0.25, 0.3) is 0 Å². The number of carbonyl (C=O) groups excluding carboxylic acids is 2. The molecule has 1 aromatic carbocycles. The number of nitro groups is 1. The minimum Gasteiger partial charge on any atom is -0.475 e. The normalized spacial score (nSPS) is 21.8. The van der Waals surface area contributed by atoms with Gasteiger partial charge in [-0.1, -0.05) is 39.3 Å². The van der Waals surface area contributed by atoms with E-state index in [2.05, 4.69) is 20.8 Å². The van der Waals surface area contributed by atoms with Gasteiger partial charge in [-0.25, -0.2) is 9.59 Å². The molecule has 0 aliphatic heterocycles. The molecule has 8 heteroatoms. The summed E-state index contributed by atoms with van der Waals surface area (Å²) in [7, 11) is 0. The lowest BCUT2D eigenvalue weighted by molar-refractivity contribution is -0.385. The third-order valence-corrected chi connectivity index (χ3v) is 5.00. The van der Waals surface area contributed by atoms with E-state index in [9.17, 15) is 19.7 Å². The number of hydrogen-bond donors (Lipinski definition) is 0. The monoisotopic (exact) mass is 393 g/mol. The van der Waals surface area contributed by atoms with E-state index in [1.54, 1.807) is 6.07 Å². The molecule has 8 nitrogen and oxygen atoms in total. The zero-order valence-electron chi connectivity index (χ0n) is 16.5. The van der Waals surface area contributed by atoms with E-state index >= 15 is 0 Å². The molecule has 0 saturated heterocycles. The SMILES string of the molecule is CC(C)[C@H]1CC[C@@H](C)C[C@H]1OC(=O)COC(=O)COc1ccccc1[N+](=O)[O-]. The Balaban J connectivity index is 1.79. The van der Waals surface area contributed by atoms with Gasteiger partial charge in [-0.2, -0.15) is 0 Å². The molecule has 28 heavy (non-hydrogen) atoms. The molecule has 1 fully saturated rings. The van der Waals surface area contributed by atoms with E-state index in [4.69, 9.17) is 14.2 Å². The van der Waals surface area contributed by atoms with Crippen molar-refractivity contribution in [3.63, 3.8) is 0 Å². The topological polar surface area (TPSA) is 105 Å². The van der Waals surface area contributed by atoms with Crippen molar-refractivity contribution in [3.05, 3.63) is 34.4 Å². The van der Waals surface area contributed by atoms with Crippen molar-refractivity contribution in [1.29, 1.82) is 0 Å². The summed E-state index contributed by atoms with van der Waals surface area (Å²) in [6.07, 6.45) is 2.77. The van der Waals surface area contributed by atoms with Gasteiger partial charge in [0.05, 0.1) is 4.92 Å². The first-order valence-corrected chi connectivity index (χ1v) is 9.49. The summed E-state index contributed by atoms with van der Waals surface area (Å²) in [5.41, 5.74) is -0.249.